The van der Waals surface area contributed by atoms with Crippen LogP contribution < -0.4 is 9.62 Å². The Bertz CT molecular complexity index is 1220. The summed E-state index contributed by atoms with van der Waals surface area (Å²) in [6, 6.07) is 9.43. The second kappa shape index (κ2) is 13.5. The van der Waals surface area contributed by atoms with Gasteiger partial charge in [0.2, 0.25) is 11.8 Å². The van der Waals surface area contributed by atoms with Gasteiger partial charge in [0.1, 0.15) is 12.6 Å². The number of aryl methyl sites for hydroxylation is 2. The van der Waals surface area contributed by atoms with Gasteiger partial charge in [0, 0.05) is 37.2 Å². The molecule has 0 bridgehead atoms. The van der Waals surface area contributed by atoms with Crippen LogP contribution in [0.3, 0.4) is 0 Å². The van der Waals surface area contributed by atoms with Crippen molar-refractivity contribution < 1.29 is 18.0 Å². The molecule has 0 unspecified atom stereocenters. The molecule has 11 heteroatoms. The van der Waals surface area contributed by atoms with Crippen molar-refractivity contribution in [2.45, 2.75) is 53.1 Å². The van der Waals surface area contributed by atoms with Gasteiger partial charge in [-0.25, -0.2) is 4.31 Å². The third-order valence-electron chi connectivity index (χ3n) is 6.00. The Balaban J connectivity index is 2.50. The summed E-state index contributed by atoms with van der Waals surface area (Å²) in [6.45, 7) is 7.25. The van der Waals surface area contributed by atoms with E-state index in [0.717, 1.165) is 27.0 Å². The van der Waals surface area contributed by atoms with Crippen LogP contribution in [0.5, 0.6) is 0 Å². The van der Waals surface area contributed by atoms with Crippen LogP contribution in [0.15, 0.2) is 36.4 Å². The average Bonchev–Trinajstić information content (AvgIpc) is 2.83. The number of anilines is 1. The van der Waals surface area contributed by atoms with Gasteiger partial charge < -0.3 is 10.2 Å². The molecule has 8 nitrogen and oxygen atoms in total. The number of hydrogen-bond donors (Lipinski definition) is 1. The highest BCUT2D eigenvalue weighted by Crippen LogP contribution is 2.27. The van der Waals surface area contributed by atoms with Gasteiger partial charge in [0.15, 0.2) is 0 Å². The summed E-state index contributed by atoms with van der Waals surface area (Å²) < 4.78 is 28.8. The minimum Gasteiger partial charge on any atom is -0.354 e. The quantitative estimate of drug-likeness (QED) is 0.379. The zero-order valence-electron chi connectivity index (χ0n) is 22.2. The average molecular weight is 572 g/mol. The zero-order chi connectivity index (χ0) is 27.9. The van der Waals surface area contributed by atoms with Crippen LogP contribution >= 0.6 is 23.2 Å². The Labute approximate surface area is 230 Å². The number of amides is 2. The van der Waals surface area contributed by atoms with Gasteiger partial charge in [-0.15, -0.1) is 0 Å². The van der Waals surface area contributed by atoms with Crippen molar-refractivity contribution in [2.24, 2.45) is 0 Å². The second-order valence-electron chi connectivity index (χ2n) is 9.16. The normalized spacial score (nSPS) is 12.4. The molecule has 2 rings (SSSR count). The van der Waals surface area contributed by atoms with Crippen molar-refractivity contribution in [1.82, 2.24) is 14.5 Å². The summed E-state index contributed by atoms with van der Waals surface area (Å²) in [4.78, 5) is 28.1. The van der Waals surface area contributed by atoms with Gasteiger partial charge in [-0.1, -0.05) is 54.7 Å². The van der Waals surface area contributed by atoms with Crippen molar-refractivity contribution in [3.63, 3.8) is 0 Å². The lowest BCUT2D eigenvalue weighted by atomic mass is 10.1. The molecule has 0 fully saturated rings. The van der Waals surface area contributed by atoms with E-state index < -0.39 is 28.7 Å². The number of nitrogens with one attached hydrogen (secondary N) is 1. The lowest BCUT2D eigenvalue weighted by Gasteiger charge is -2.33. The van der Waals surface area contributed by atoms with Crippen LogP contribution in [0.4, 0.5) is 5.69 Å². The Morgan fingerprint density at radius 3 is 2.32 bits per heavy atom. The van der Waals surface area contributed by atoms with E-state index in [1.807, 2.05) is 26.0 Å². The van der Waals surface area contributed by atoms with Crippen molar-refractivity contribution in [3.8, 4) is 0 Å². The summed E-state index contributed by atoms with van der Waals surface area (Å²) in [5.74, 6) is -0.879. The molecule has 204 valence electrons. The lowest BCUT2D eigenvalue weighted by Crippen LogP contribution is -2.52. The minimum absolute atomic E-state index is 0.000147. The van der Waals surface area contributed by atoms with E-state index in [1.54, 1.807) is 38.1 Å². The van der Waals surface area contributed by atoms with E-state index in [-0.39, 0.29) is 12.5 Å². The lowest BCUT2D eigenvalue weighted by molar-refractivity contribution is -0.139. The number of carbonyl (C=O) groups is 2. The van der Waals surface area contributed by atoms with Crippen LogP contribution in [0.1, 0.15) is 43.4 Å². The molecule has 0 aliphatic carbocycles. The van der Waals surface area contributed by atoms with Crippen LogP contribution in [-0.4, -0.2) is 62.7 Å². The van der Waals surface area contributed by atoms with Crippen LogP contribution in [-0.2, 0) is 26.3 Å². The summed E-state index contributed by atoms with van der Waals surface area (Å²) >= 11 is 12.4. The standard InChI is InChI=1S/C26H36Cl2N4O4S/c1-7-8-13-29-26(34)20(4)31(16-21-11-12-22(27)15-23(21)28)25(33)17-32(37(35,36)30(5)6)24-14-18(2)9-10-19(24)3/h9-12,14-15,20H,7-8,13,16-17H2,1-6H3,(H,29,34)/t20-/m0/s1. The number of carbonyl (C=O) groups excluding carboxylic acids is 2. The predicted octanol–water partition coefficient (Wildman–Crippen LogP) is 4.56. The molecular weight excluding hydrogens is 535 g/mol. The van der Waals surface area contributed by atoms with Crippen molar-refractivity contribution >= 4 is 50.9 Å². The number of rotatable bonds is 12. The smallest absolute Gasteiger partial charge is 0.304 e. The highest BCUT2D eigenvalue weighted by atomic mass is 35.5. The molecule has 0 radical (unpaired) electrons. The molecule has 2 amide bonds. The fourth-order valence-electron chi connectivity index (χ4n) is 3.64. The van der Waals surface area contributed by atoms with Crippen molar-refractivity contribution in [2.75, 3.05) is 31.5 Å². The SMILES string of the molecule is CCCCNC(=O)[C@H](C)N(Cc1ccc(Cl)cc1Cl)C(=O)CN(c1cc(C)ccc1C)S(=O)(=O)N(C)C. The molecule has 2 aromatic carbocycles. The molecule has 0 heterocycles. The van der Waals surface area contributed by atoms with Crippen LogP contribution in [0.25, 0.3) is 0 Å². The van der Waals surface area contributed by atoms with Crippen LogP contribution in [0, 0.1) is 13.8 Å². The summed E-state index contributed by atoms with van der Waals surface area (Å²) in [7, 11) is -1.22. The maximum absolute atomic E-state index is 13.8. The molecule has 0 saturated carbocycles. The van der Waals surface area contributed by atoms with Gasteiger partial charge in [0.25, 0.3) is 0 Å². The molecule has 37 heavy (non-hydrogen) atoms. The maximum atomic E-state index is 13.8. The third-order valence-corrected chi connectivity index (χ3v) is 8.40. The fraction of sp³-hybridized carbons (Fsp3) is 0.462. The Hall–Kier alpha value is -2.33. The van der Waals surface area contributed by atoms with E-state index >= 15 is 0 Å². The first-order valence-electron chi connectivity index (χ1n) is 12.1. The maximum Gasteiger partial charge on any atom is 0.304 e. The summed E-state index contributed by atoms with van der Waals surface area (Å²) in [6.07, 6.45) is 1.71. The zero-order valence-corrected chi connectivity index (χ0v) is 24.5. The topological polar surface area (TPSA) is 90.0 Å². The van der Waals surface area contributed by atoms with Gasteiger partial charge in [-0.2, -0.15) is 12.7 Å². The van der Waals surface area contributed by atoms with E-state index in [9.17, 15) is 18.0 Å². The Morgan fingerprint density at radius 2 is 1.73 bits per heavy atom. The third kappa shape index (κ3) is 8.07. The van der Waals surface area contributed by atoms with Gasteiger partial charge in [-0.3, -0.25) is 9.59 Å². The van der Waals surface area contributed by atoms with E-state index in [2.05, 4.69) is 5.32 Å². The van der Waals surface area contributed by atoms with Gasteiger partial charge in [-0.05, 0) is 62.1 Å². The first kappa shape index (κ1) is 30.9. The van der Waals surface area contributed by atoms with E-state index in [1.165, 1.54) is 19.0 Å². The van der Waals surface area contributed by atoms with E-state index in [0.29, 0.717) is 33.4 Å². The van der Waals surface area contributed by atoms with Gasteiger partial charge in [0.05, 0.1) is 5.69 Å². The number of benzene rings is 2. The molecule has 0 aromatic heterocycles. The molecule has 0 saturated heterocycles. The molecule has 1 N–H and O–H groups in total. The van der Waals surface area contributed by atoms with Crippen LogP contribution in [0.2, 0.25) is 10.0 Å². The fourth-order valence-corrected chi connectivity index (χ4v) is 5.22. The molecule has 0 spiro atoms. The summed E-state index contributed by atoms with van der Waals surface area (Å²) in [5, 5.41) is 3.63. The van der Waals surface area contributed by atoms with Crippen molar-refractivity contribution in [3.05, 3.63) is 63.1 Å². The minimum atomic E-state index is -4.03. The molecule has 2 aromatic rings. The number of nitrogens with zero attached hydrogens (tertiary/aromatic N) is 3. The van der Waals surface area contributed by atoms with Gasteiger partial charge >= 0.3 is 10.2 Å². The number of halogens is 2. The molecule has 0 aliphatic heterocycles. The predicted molar refractivity (Wildman–Crippen MR) is 150 cm³/mol. The number of hydrogen-bond acceptors (Lipinski definition) is 4. The first-order valence-corrected chi connectivity index (χ1v) is 14.2. The molecule has 0 aliphatic rings. The first-order chi connectivity index (χ1) is 17.3. The second-order valence-corrected chi connectivity index (χ2v) is 12.1. The van der Waals surface area contributed by atoms with Crippen molar-refractivity contribution in [1.29, 1.82) is 0 Å². The Morgan fingerprint density at radius 1 is 1.05 bits per heavy atom. The Kier molecular flexibility index (Phi) is 11.2. The summed E-state index contributed by atoms with van der Waals surface area (Å²) in [5.41, 5.74) is 2.52. The molecule has 1 atom stereocenters. The van der Waals surface area contributed by atoms with E-state index in [4.69, 9.17) is 23.2 Å². The molecular formula is C26H36Cl2N4O4S. The number of unbranched alkanes of at least 4 members (excludes halogenated alkanes) is 1. The largest absolute Gasteiger partial charge is 0.354 e. The highest BCUT2D eigenvalue weighted by molar-refractivity contribution is 7.90. The highest BCUT2D eigenvalue weighted by Gasteiger charge is 2.33. The monoisotopic (exact) mass is 570 g/mol.